The molecule has 82 valence electrons. The Hall–Kier alpha value is -1.07. The predicted octanol–water partition coefficient (Wildman–Crippen LogP) is 2.01. The number of thiophene rings is 1. The van der Waals surface area contributed by atoms with E-state index in [4.69, 9.17) is 11.6 Å². The molecule has 0 unspecified atom stereocenters. The Balaban J connectivity index is 3.10. The van der Waals surface area contributed by atoms with E-state index in [0.29, 0.717) is 11.4 Å². The van der Waals surface area contributed by atoms with Gasteiger partial charge in [-0.1, -0.05) is 5.16 Å². The van der Waals surface area contributed by atoms with Gasteiger partial charge in [-0.25, -0.2) is 4.79 Å². The van der Waals surface area contributed by atoms with Crippen LogP contribution in [0.25, 0.3) is 0 Å². The van der Waals surface area contributed by atoms with Gasteiger partial charge in [0.25, 0.3) is 0 Å². The van der Waals surface area contributed by atoms with Crippen molar-refractivity contribution < 1.29 is 14.4 Å². The van der Waals surface area contributed by atoms with Gasteiger partial charge in [-0.05, 0) is 11.4 Å². The molecule has 1 rings (SSSR count). The SMILES string of the molecule is CO/N=C(/C(=O)OC)c1ccsc1CCl. The molecule has 15 heavy (non-hydrogen) atoms. The quantitative estimate of drug-likeness (QED) is 0.354. The van der Waals surface area contributed by atoms with Crippen LogP contribution in [-0.2, 0) is 20.2 Å². The molecule has 0 radical (unpaired) electrons. The Kier molecular flexibility index (Phi) is 4.58. The Bertz CT molecular complexity index is 375. The number of methoxy groups -OCH3 is 1. The van der Waals surface area contributed by atoms with E-state index >= 15 is 0 Å². The first-order valence-corrected chi connectivity index (χ1v) is 5.48. The Labute approximate surface area is 96.4 Å². The minimum atomic E-state index is -0.540. The summed E-state index contributed by atoms with van der Waals surface area (Å²) in [6, 6.07) is 1.76. The molecule has 0 atom stereocenters. The van der Waals surface area contributed by atoms with E-state index < -0.39 is 5.97 Å². The summed E-state index contributed by atoms with van der Waals surface area (Å²) in [4.78, 5) is 16.9. The number of halogens is 1. The van der Waals surface area contributed by atoms with E-state index in [1.165, 1.54) is 25.6 Å². The predicted molar refractivity (Wildman–Crippen MR) is 59.4 cm³/mol. The second-order valence-corrected chi connectivity index (χ2v) is 3.77. The molecule has 1 heterocycles. The molecule has 0 aliphatic heterocycles. The van der Waals surface area contributed by atoms with Crippen molar-refractivity contribution >= 4 is 34.6 Å². The number of nitrogens with zero attached hydrogens (tertiary/aromatic N) is 1. The minimum Gasteiger partial charge on any atom is -0.464 e. The molecule has 0 aliphatic rings. The Morgan fingerprint density at radius 1 is 1.60 bits per heavy atom. The number of esters is 1. The highest BCUT2D eigenvalue weighted by Crippen LogP contribution is 2.20. The summed E-state index contributed by atoms with van der Waals surface area (Å²) in [5.41, 5.74) is 0.792. The lowest BCUT2D eigenvalue weighted by Gasteiger charge is -2.03. The van der Waals surface area contributed by atoms with Crippen LogP contribution < -0.4 is 0 Å². The average molecular weight is 248 g/mol. The summed E-state index contributed by atoms with van der Waals surface area (Å²) >= 11 is 7.18. The van der Waals surface area contributed by atoms with Gasteiger partial charge in [0, 0.05) is 10.4 Å². The van der Waals surface area contributed by atoms with Gasteiger partial charge in [-0.2, -0.15) is 0 Å². The summed E-state index contributed by atoms with van der Waals surface area (Å²) in [7, 11) is 2.66. The van der Waals surface area contributed by atoms with Crippen molar-refractivity contribution in [2.24, 2.45) is 5.16 Å². The Morgan fingerprint density at radius 2 is 2.33 bits per heavy atom. The first kappa shape index (κ1) is 12.0. The van der Waals surface area contributed by atoms with Crippen molar-refractivity contribution in [2.75, 3.05) is 14.2 Å². The third-order valence-electron chi connectivity index (χ3n) is 1.68. The summed E-state index contributed by atoms with van der Waals surface area (Å²) in [6.45, 7) is 0. The first-order chi connectivity index (χ1) is 7.24. The van der Waals surface area contributed by atoms with Gasteiger partial charge in [-0.3, -0.25) is 0 Å². The van der Waals surface area contributed by atoms with Gasteiger partial charge >= 0.3 is 5.97 Å². The van der Waals surface area contributed by atoms with Crippen molar-refractivity contribution in [3.05, 3.63) is 21.9 Å². The smallest absolute Gasteiger partial charge is 0.360 e. The zero-order valence-electron chi connectivity index (χ0n) is 8.32. The van der Waals surface area contributed by atoms with Crippen LogP contribution in [0.4, 0.5) is 0 Å². The van der Waals surface area contributed by atoms with E-state index in [-0.39, 0.29) is 5.71 Å². The van der Waals surface area contributed by atoms with Gasteiger partial charge in [-0.15, -0.1) is 22.9 Å². The standard InChI is InChI=1S/C9H10ClNO3S/c1-13-9(12)8(11-14-2)6-3-4-15-7(6)5-10/h3-4H,5H2,1-2H3/b11-8+. The van der Waals surface area contributed by atoms with E-state index in [0.717, 1.165) is 4.88 Å². The van der Waals surface area contributed by atoms with Crippen LogP contribution in [0.1, 0.15) is 10.4 Å². The van der Waals surface area contributed by atoms with Crippen LogP contribution in [0.15, 0.2) is 16.6 Å². The van der Waals surface area contributed by atoms with Gasteiger partial charge in [0.15, 0.2) is 5.71 Å². The maximum atomic E-state index is 11.4. The molecular formula is C9H10ClNO3S. The van der Waals surface area contributed by atoms with Crippen molar-refractivity contribution in [1.29, 1.82) is 0 Å². The maximum absolute atomic E-state index is 11.4. The van der Waals surface area contributed by atoms with Crippen molar-refractivity contribution in [3.8, 4) is 0 Å². The van der Waals surface area contributed by atoms with Gasteiger partial charge < -0.3 is 9.57 Å². The molecule has 0 bridgehead atoms. The molecule has 0 saturated carbocycles. The molecule has 0 aliphatic carbocycles. The number of carbonyl (C=O) groups is 1. The molecule has 0 fully saturated rings. The third kappa shape index (κ3) is 2.70. The lowest BCUT2D eigenvalue weighted by atomic mass is 10.1. The van der Waals surface area contributed by atoms with E-state index in [9.17, 15) is 4.79 Å². The third-order valence-corrected chi connectivity index (χ3v) is 3.03. The molecular weight excluding hydrogens is 238 g/mol. The van der Waals surface area contributed by atoms with Gasteiger partial charge in [0.05, 0.1) is 13.0 Å². The fourth-order valence-electron chi connectivity index (χ4n) is 1.04. The number of ether oxygens (including phenoxy) is 1. The normalized spacial score (nSPS) is 11.3. The zero-order chi connectivity index (χ0) is 11.3. The monoisotopic (exact) mass is 247 g/mol. The molecule has 0 spiro atoms. The fraction of sp³-hybridized carbons (Fsp3) is 0.333. The van der Waals surface area contributed by atoms with Crippen LogP contribution in [0.5, 0.6) is 0 Å². The van der Waals surface area contributed by atoms with Crippen LogP contribution >= 0.6 is 22.9 Å². The van der Waals surface area contributed by atoms with Gasteiger partial charge in [0.2, 0.25) is 0 Å². The molecule has 1 aromatic heterocycles. The molecule has 0 N–H and O–H groups in total. The number of rotatable bonds is 4. The molecule has 0 amide bonds. The molecule has 4 nitrogen and oxygen atoms in total. The van der Waals surface area contributed by atoms with Crippen LogP contribution in [-0.4, -0.2) is 25.9 Å². The molecule has 0 saturated heterocycles. The lowest BCUT2D eigenvalue weighted by Crippen LogP contribution is -2.18. The zero-order valence-corrected chi connectivity index (χ0v) is 9.89. The number of alkyl halides is 1. The summed E-state index contributed by atoms with van der Waals surface area (Å²) in [5, 5.41) is 5.47. The fourth-order valence-corrected chi connectivity index (χ4v) is 2.10. The topological polar surface area (TPSA) is 47.9 Å². The highest BCUT2D eigenvalue weighted by atomic mass is 35.5. The largest absolute Gasteiger partial charge is 0.464 e. The maximum Gasteiger partial charge on any atom is 0.360 e. The molecule has 6 heteroatoms. The second-order valence-electron chi connectivity index (χ2n) is 2.51. The highest BCUT2D eigenvalue weighted by Gasteiger charge is 2.19. The first-order valence-electron chi connectivity index (χ1n) is 4.06. The number of oxime groups is 1. The Morgan fingerprint density at radius 3 is 2.87 bits per heavy atom. The van der Waals surface area contributed by atoms with E-state index in [1.54, 1.807) is 6.07 Å². The number of hydrogen-bond acceptors (Lipinski definition) is 5. The number of carbonyl (C=O) groups excluding carboxylic acids is 1. The van der Waals surface area contributed by atoms with E-state index in [1.807, 2.05) is 5.38 Å². The summed E-state index contributed by atoms with van der Waals surface area (Å²) < 4.78 is 4.60. The van der Waals surface area contributed by atoms with Crippen LogP contribution in [0.3, 0.4) is 0 Å². The highest BCUT2D eigenvalue weighted by molar-refractivity contribution is 7.10. The average Bonchev–Trinajstić information content (AvgIpc) is 2.72. The number of hydrogen-bond donors (Lipinski definition) is 0. The molecule has 0 aromatic carbocycles. The summed E-state index contributed by atoms with van der Waals surface area (Å²) in [6.07, 6.45) is 0. The van der Waals surface area contributed by atoms with Crippen LogP contribution in [0.2, 0.25) is 0 Å². The second kappa shape index (κ2) is 5.72. The van der Waals surface area contributed by atoms with Crippen molar-refractivity contribution in [3.63, 3.8) is 0 Å². The van der Waals surface area contributed by atoms with Crippen molar-refractivity contribution in [2.45, 2.75) is 5.88 Å². The van der Waals surface area contributed by atoms with Crippen LogP contribution in [0, 0.1) is 0 Å². The molecule has 1 aromatic rings. The van der Waals surface area contributed by atoms with Gasteiger partial charge in [0.1, 0.15) is 7.11 Å². The lowest BCUT2D eigenvalue weighted by molar-refractivity contribution is -0.132. The minimum absolute atomic E-state index is 0.136. The summed E-state index contributed by atoms with van der Waals surface area (Å²) in [5.74, 6) is -0.214. The van der Waals surface area contributed by atoms with Crippen molar-refractivity contribution in [1.82, 2.24) is 0 Å². The van der Waals surface area contributed by atoms with E-state index in [2.05, 4.69) is 14.7 Å².